The number of nitrogens with zero attached hydrogens (tertiary/aromatic N) is 2. The van der Waals surface area contributed by atoms with Crippen LogP contribution >= 0.6 is 11.3 Å². The molecule has 3 heterocycles. The Bertz CT molecular complexity index is 1880. The van der Waals surface area contributed by atoms with Crippen molar-refractivity contribution in [2.75, 3.05) is 12.3 Å². The molecule has 2 aromatic heterocycles. The fourth-order valence-electron chi connectivity index (χ4n) is 5.09. The summed E-state index contributed by atoms with van der Waals surface area (Å²) >= 11 is 1.53. The standard InChI is InChI=1S/C35H31N3O6S/c1-21-8-12-24(13-9-21)33(39)42-20-28-27(44-34(40)25-14-10-22(2)11-15-25)18-31(43-28)38-19-26(32(36)37-35(38)41)30-17-16-29(45-30)23-6-4-3-5-7-23/h3-17,19,27-28,31H,18,20H2,1-2H3,(H2,36,37,41)/t27-,28+,31+/m0/s1. The molecule has 6 rings (SSSR count). The Hall–Kier alpha value is -5.06. The summed E-state index contributed by atoms with van der Waals surface area (Å²) in [7, 11) is 0. The zero-order valence-corrected chi connectivity index (χ0v) is 25.5. The average Bonchev–Trinajstić information content (AvgIpc) is 3.69. The number of thiophene rings is 1. The van der Waals surface area contributed by atoms with Crippen molar-refractivity contribution in [3.63, 3.8) is 0 Å². The van der Waals surface area contributed by atoms with Gasteiger partial charge in [0.25, 0.3) is 0 Å². The van der Waals surface area contributed by atoms with Crippen LogP contribution in [0.15, 0.2) is 102 Å². The second kappa shape index (κ2) is 12.9. The highest BCUT2D eigenvalue weighted by atomic mass is 32.1. The van der Waals surface area contributed by atoms with Crippen molar-refractivity contribution in [2.24, 2.45) is 0 Å². The average molecular weight is 622 g/mol. The van der Waals surface area contributed by atoms with Crippen molar-refractivity contribution < 1.29 is 23.8 Å². The van der Waals surface area contributed by atoms with E-state index in [1.807, 2.05) is 80.6 Å². The highest BCUT2D eigenvalue weighted by Crippen LogP contribution is 2.37. The SMILES string of the molecule is Cc1ccc(C(=O)OC[C@H]2O[C@@H](n3cc(-c4ccc(-c5ccccc5)s4)c(N)nc3=O)C[C@@H]2OC(=O)c2ccc(C)cc2)cc1. The molecule has 1 saturated heterocycles. The highest BCUT2D eigenvalue weighted by molar-refractivity contribution is 7.18. The minimum Gasteiger partial charge on any atom is -0.459 e. The maximum absolute atomic E-state index is 13.1. The van der Waals surface area contributed by atoms with Crippen LogP contribution in [0.5, 0.6) is 0 Å². The van der Waals surface area contributed by atoms with Gasteiger partial charge in [-0.1, -0.05) is 65.7 Å². The number of hydrogen-bond donors (Lipinski definition) is 1. The van der Waals surface area contributed by atoms with Gasteiger partial charge in [0.05, 0.1) is 16.7 Å². The highest BCUT2D eigenvalue weighted by Gasteiger charge is 2.40. The second-order valence-corrected chi connectivity index (χ2v) is 12.0. The minimum absolute atomic E-state index is 0.0987. The van der Waals surface area contributed by atoms with E-state index in [9.17, 15) is 14.4 Å². The maximum Gasteiger partial charge on any atom is 0.351 e. The Morgan fingerprint density at radius 1 is 0.889 bits per heavy atom. The first-order chi connectivity index (χ1) is 21.7. The van der Waals surface area contributed by atoms with Crippen molar-refractivity contribution in [1.82, 2.24) is 9.55 Å². The number of ether oxygens (including phenoxy) is 3. The van der Waals surface area contributed by atoms with Crippen molar-refractivity contribution >= 4 is 29.1 Å². The van der Waals surface area contributed by atoms with Gasteiger partial charge in [-0.15, -0.1) is 11.3 Å². The molecule has 1 aliphatic heterocycles. The topological polar surface area (TPSA) is 123 Å². The molecule has 5 aromatic rings. The first-order valence-corrected chi connectivity index (χ1v) is 15.3. The van der Waals surface area contributed by atoms with Gasteiger partial charge in [-0.3, -0.25) is 4.57 Å². The number of benzene rings is 3. The van der Waals surface area contributed by atoms with E-state index in [-0.39, 0.29) is 18.8 Å². The van der Waals surface area contributed by atoms with Crippen LogP contribution in [0.2, 0.25) is 0 Å². The maximum atomic E-state index is 13.1. The smallest absolute Gasteiger partial charge is 0.351 e. The molecule has 0 amide bonds. The zero-order chi connectivity index (χ0) is 31.5. The lowest BCUT2D eigenvalue weighted by molar-refractivity contribution is -0.0581. The molecule has 1 fully saturated rings. The van der Waals surface area contributed by atoms with Crippen molar-refractivity contribution in [1.29, 1.82) is 0 Å². The number of esters is 2. The third-order valence-electron chi connectivity index (χ3n) is 7.61. The van der Waals surface area contributed by atoms with Crippen molar-refractivity contribution in [3.8, 4) is 20.9 Å². The molecule has 228 valence electrons. The molecule has 0 spiro atoms. The molecule has 9 nitrogen and oxygen atoms in total. The predicted octanol–water partition coefficient (Wildman–Crippen LogP) is 6.21. The summed E-state index contributed by atoms with van der Waals surface area (Å²) in [5.41, 5.74) is 10.0. The lowest BCUT2D eigenvalue weighted by Gasteiger charge is -2.19. The number of nitrogen functional groups attached to an aromatic ring is 1. The van der Waals surface area contributed by atoms with Gasteiger partial charge in [0, 0.05) is 22.4 Å². The number of aromatic nitrogens is 2. The Morgan fingerprint density at radius 2 is 1.51 bits per heavy atom. The van der Waals surface area contributed by atoms with Crippen LogP contribution in [0.25, 0.3) is 20.9 Å². The number of carbonyl (C=O) groups excluding carboxylic acids is 2. The molecular formula is C35H31N3O6S. The van der Waals surface area contributed by atoms with E-state index in [0.717, 1.165) is 26.4 Å². The Labute approximate surface area is 263 Å². The summed E-state index contributed by atoms with van der Waals surface area (Å²) in [4.78, 5) is 44.9. The number of aryl methyl sites for hydroxylation is 2. The summed E-state index contributed by atoms with van der Waals surface area (Å²) < 4.78 is 19.0. The molecular weight excluding hydrogens is 590 g/mol. The molecule has 2 N–H and O–H groups in total. The third-order valence-corrected chi connectivity index (χ3v) is 8.78. The fraction of sp³-hybridized carbons (Fsp3) is 0.200. The van der Waals surface area contributed by atoms with E-state index in [4.69, 9.17) is 19.9 Å². The van der Waals surface area contributed by atoms with E-state index in [2.05, 4.69) is 4.98 Å². The second-order valence-electron chi connectivity index (χ2n) is 10.9. The van der Waals surface area contributed by atoms with E-state index in [1.165, 1.54) is 15.9 Å². The number of anilines is 1. The van der Waals surface area contributed by atoms with Gasteiger partial charge in [-0.05, 0) is 55.8 Å². The van der Waals surface area contributed by atoms with Gasteiger partial charge in [0.2, 0.25) is 0 Å². The first kappa shape index (κ1) is 30.0. The van der Waals surface area contributed by atoms with E-state index in [1.54, 1.807) is 30.5 Å². The van der Waals surface area contributed by atoms with Crippen LogP contribution < -0.4 is 11.4 Å². The molecule has 0 aliphatic carbocycles. The minimum atomic E-state index is -0.850. The van der Waals surface area contributed by atoms with Crippen LogP contribution in [-0.4, -0.2) is 40.3 Å². The summed E-state index contributed by atoms with van der Waals surface area (Å²) in [5, 5.41) is 0. The molecule has 0 radical (unpaired) electrons. The number of carbonyl (C=O) groups is 2. The van der Waals surface area contributed by atoms with Crippen LogP contribution in [0.4, 0.5) is 5.82 Å². The number of rotatable bonds is 8. The normalized spacial score (nSPS) is 17.6. The van der Waals surface area contributed by atoms with Gasteiger partial charge >= 0.3 is 17.6 Å². The van der Waals surface area contributed by atoms with Gasteiger partial charge in [0.1, 0.15) is 30.9 Å². The molecule has 1 aliphatic rings. The van der Waals surface area contributed by atoms with Gasteiger partial charge in [-0.25, -0.2) is 14.4 Å². The summed E-state index contributed by atoms with van der Waals surface area (Å²) in [6.07, 6.45) is -0.742. The largest absolute Gasteiger partial charge is 0.459 e. The van der Waals surface area contributed by atoms with Crippen molar-refractivity contribution in [2.45, 2.75) is 38.7 Å². The lowest BCUT2D eigenvalue weighted by atomic mass is 10.1. The van der Waals surface area contributed by atoms with Gasteiger partial charge in [0.15, 0.2) is 0 Å². The summed E-state index contributed by atoms with van der Waals surface area (Å²) in [5.74, 6) is -0.984. The number of hydrogen-bond acceptors (Lipinski definition) is 9. The first-order valence-electron chi connectivity index (χ1n) is 14.5. The molecule has 0 saturated carbocycles. The summed E-state index contributed by atoms with van der Waals surface area (Å²) in [6.45, 7) is 3.66. The van der Waals surface area contributed by atoms with Crippen LogP contribution in [0.3, 0.4) is 0 Å². The Kier molecular flexibility index (Phi) is 8.59. The molecule has 0 unspecified atom stereocenters. The van der Waals surface area contributed by atoms with E-state index < -0.39 is 36.1 Å². The Balaban J connectivity index is 1.26. The van der Waals surface area contributed by atoms with Gasteiger partial charge in [-0.2, -0.15) is 4.98 Å². The van der Waals surface area contributed by atoms with Crippen molar-refractivity contribution in [3.05, 3.63) is 130 Å². The monoisotopic (exact) mass is 621 g/mol. The number of nitrogens with two attached hydrogens (primary N) is 1. The van der Waals surface area contributed by atoms with Gasteiger partial charge < -0.3 is 19.9 Å². The third kappa shape index (κ3) is 6.72. The quantitative estimate of drug-likeness (QED) is 0.203. The molecule has 10 heteroatoms. The molecule has 3 aromatic carbocycles. The Morgan fingerprint density at radius 3 is 2.18 bits per heavy atom. The van der Waals surface area contributed by atoms with Crippen LogP contribution in [0, 0.1) is 13.8 Å². The molecule has 3 atom stereocenters. The summed E-state index contributed by atoms with van der Waals surface area (Å²) in [6, 6.07) is 27.9. The fourth-order valence-corrected chi connectivity index (χ4v) is 6.12. The molecule has 0 bridgehead atoms. The molecule has 45 heavy (non-hydrogen) atoms. The van der Waals surface area contributed by atoms with E-state index in [0.29, 0.717) is 16.7 Å². The van der Waals surface area contributed by atoms with Crippen LogP contribution in [0.1, 0.15) is 44.5 Å². The zero-order valence-electron chi connectivity index (χ0n) is 24.7. The predicted molar refractivity (Wildman–Crippen MR) is 172 cm³/mol. The van der Waals surface area contributed by atoms with Crippen LogP contribution in [-0.2, 0) is 14.2 Å². The van der Waals surface area contributed by atoms with E-state index >= 15 is 0 Å². The lowest BCUT2D eigenvalue weighted by Crippen LogP contribution is -2.32.